The fourth-order valence-corrected chi connectivity index (χ4v) is 1.63. The summed E-state index contributed by atoms with van der Waals surface area (Å²) in [5, 5.41) is 13.4. The van der Waals surface area contributed by atoms with Crippen LogP contribution in [0.4, 0.5) is 0 Å². The van der Waals surface area contributed by atoms with Gasteiger partial charge in [0.2, 0.25) is 0 Å². The average molecular weight is 163 g/mol. The van der Waals surface area contributed by atoms with Gasteiger partial charge in [0.15, 0.2) is 0 Å². The van der Waals surface area contributed by atoms with Crippen molar-refractivity contribution in [3.63, 3.8) is 0 Å². The Morgan fingerprint density at radius 3 is 2.00 bits per heavy atom. The third-order valence-electron chi connectivity index (χ3n) is 2.30. The molecule has 1 N–H and O–H groups in total. The standard InChI is InChI=1S/C6H10NO.V/c8-6-4-1-5(6)3-7-2-4;/h4-6,8H,1-3H2;/q-1;. The molecule has 0 aromatic carbocycles. The smallest absolute Gasteiger partial charge is 0.0563 e. The molecule has 3 heteroatoms. The van der Waals surface area contributed by atoms with Crippen LogP contribution in [-0.2, 0) is 18.6 Å². The second-order valence-electron chi connectivity index (χ2n) is 2.84. The van der Waals surface area contributed by atoms with E-state index in [-0.39, 0.29) is 24.7 Å². The quantitative estimate of drug-likeness (QED) is 0.550. The molecule has 2 heterocycles. The monoisotopic (exact) mass is 163 g/mol. The van der Waals surface area contributed by atoms with Crippen LogP contribution in [0.2, 0.25) is 0 Å². The molecule has 3 fully saturated rings. The zero-order valence-corrected chi connectivity index (χ0v) is 6.59. The first-order valence-electron chi connectivity index (χ1n) is 3.19. The molecule has 2 nitrogen and oxygen atoms in total. The number of piperidine rings is 2. The van der Waals surface area contributed by atoms with E-state index in [0.29, 0.717) is 11.8 Å². The molecule has 2 bridgehead atoms. The summed E-state index contributed by atoms with van der Waals surface area (Å²) in [6.07, 6.45) is 1.23. The number of hydrogen-bond acceptors (Lipinski definition) is 1. The van der Waals surface area contributed by atoms with E-state index in [1.165, 1.54) is 6.42 Å². The summed E-state index contributed by atoms with van der Waals surface area (Å²) >= 11 is 0. The van der Waals surface area contributed by atoms with Gasteiger partial charge < -0.3 is 10.4 Å². The van der Waals surface area contributed by atoms with Crippen LogP contribution in [0.25, 0.3) is 5.32 Å². The Balaban J connectivity index is 0.000000405. The minimum absolute atomic E-state index is 0. The summed E-state index contributed by atoms with van der Waals surface area (Å²) in [5.41, 5.74) is 0. The molecule has 0 aromatic rings. The minimum atomic E-state index is 0. The molecule has 1 saturated carbocycles. The number of fused-ring (bicyclic) bond motifs is 2. The van der Waals surface area contributed by atoms with Gasteiger partial charge in [-0.3, -0.25) is 0 Å². The first-order chi connectivity index (χ1) is 3.88. The largest absolute Gasteiger partial charge is 0.662 e. The maximum atomic E-state index is 9.17. The van der Waals surface area contributed by atoms with Gasteiger partial charge in [0.05, 0.1) is 6.10 Å². The molecule has 2 unspecified atom stereocenters. The zero-order chi connectivity index (χ0) is 5.56. The molecule has 2 saturated heterocycles. The van der Waals surface area contributed by atoms with Crippen molar-refractivity contribution < 1.29 is 23.7 Å². The van der Waals surface area contributed by atoms with Crippen LogP contribution >= 0.6 is 0 Å². The van der Waals surface area contributed by atoms with E-state index < -0.39 is 0 Å². The molecule has 0 amide bonds. The second kappa shape index (κ2) is 2.63. The predicted molar refractivity (Wildman–Crippen MR) is 30.7 cm³/mol. The van der Waals surface area contributed by atoms with Gasteiger partial charge in [-0.05, 0) is 18.3 Å². The summed E-state index contributed by atoms with van der Waals surface area (Å²) in [5.74, 6) is 1.07. The van der Waals surface area contributed by atoms with Gasteiger partial charge in [-0.1, -0.05) is 0 Å². The van der Waals surface area contributed by atoms with Crippen molar-refractivity contribution in [2.75, 3.05) is 13.1 Å². The van der Waals surface area contributed by atoms with E-state index in [1.54, 1.807) is 0 Å². The molecule has 2 aliphatic heterocycles. The van der Waals surface area contributed by atoms with Gasteiger partial charge in [-0.15, -0.1) is 13.1 Å². The fourth-order valence-electron chi connectivity index (χ4n) is 1.63. The SMILES string of the molecule is OC1C2C[N-]CC1C2.[V]. The maximum Gasteiger partial charge on any atom is 0.0563 e. The molecule has 9 heavy (non-hydrogen) atoms. The van der Waals surface area contributed by atoms with Gasteiger partial charge >= 0.3 is 0 Å². The topological polar surface area (TPSA) is 34.3 Å². The van der Waals surface area contributed by atoms with Crippen molar-refractivity contribution in [1.82, 2.24) is 0 Å². The minimum Gasteiger partial charge on any atom is -0.662 e. The van der Waals surface area contributed by atoms with E-state index in [2.05, 4.69) is 5.32 Å². The Hall–Kier alpha value is 0.504. The summed E-state index contributed by atoms with van der Waals surface area (Å²) in [7, 11) is 0. The van der Waals surface area contributed by atoms with Crippen LogP contribution in [0.3, 0.4) is 0 Å². The fraction of sp³-hybridized carbons (Fsp3) is 1.00. The number of nitrogens with zero attached hydrogens (tertiary/aromatic N) is 1. The van der Waals surface area contributed by atoms with Crippen molar-refractivity contribution in [1.29, 1.82) is 0 Å². The van der Waals surface area contributed by atoms with Crippen molar-refractivity contribution in [2.45, 2.75) is 12.5 Å². The molecule has 1 aliphatic carbocycles. The van der Waals surface area contributed by atoms with Crippen LogP contribution in [0.5, 0.6) is 0 Å². The van der Waals surface area contributed by atoms with Crippen LogP contribution in [0, 0.1) is 11.8 Å². The molecular weight excluding hydrogens is 153 g/mol. The summed E-state index contributed by atoms with van der Waals surface area (Å²) in [4.78, 5) is 0. The van der Waals surface area contributed by atoms with Gasteiger partial charge in [-0.2, -0.15) is 0 Å². The second-order valence-corrected chi connectivity index (χ2v) is 2.84. The third-order valence-corrected chi connectivity index (χ3v) is 2.30. The number of aliphatic hydroxyl groups is 1. The summed E-state index contributed by atoms with van der Waals surface area (Å²) in [6, 6.07) is 0. The van der Waals surface area contributed by atoms with Gasteiger partial charge in [0.1, 0.15) is 0 Å². The normalized spacial score (nSPS) is 47.0. The molecule has 3 rings (SSSR count). The Kier molecular flexibility index (Phi) is 2.22. The van der Waals surface area contributed by atoms with E-state index in [1.807, 2.05) is 0 Å². The number of hydrogen-bond donors (Lipinski definition) is 1. The first kappa shape index (κ1) is 7.61. The molecule has 2 atom stereocenters. The van der Waals surface area contributed by atoms with Crippen LogP contribution in [-0.4, -0.2) is 24.3 Å². The molecule has 0 aromatic heterocycles. The van der Waals surface area contributed by atoms with E-state index >= 15 is 0 Å². The summed E-state index contributed by atoms with van der Waals surface area (Å²) in [6.45, 7) is 1.83. The third kappa shape index (κ3) is 1.05. The Morgan fingerprint density at radius 2 is 1.78 bits per heavy atom. The molecule has 51 valence electrons. The van der Waals surface area contributed by atoms with Crippen molar-refractivity contribution in [3.8, 4) is 0 Å². The van der Waals surface area contributed by atoms with Crippen molar-refractivity contribution >= 4 is 0 Å². The summed E-state index contributed by atoms with van der Waals surface area (Å²) < 4.78 is 0. The van der Waals surface area contributed by atoms with Crippen molar-refractivity contribution in [3.05, 3.63) is 5.32 Å². The van der Waals surface area contributed by atoms with E-state index in [0.717, 1.165) is 13.1 Å². The van der Waals surface area contributed by atoms with Crippen molar-refractivity contribution in [2.24, 2.45) is 11.8 Å². The van der Waals surface area contributed by atoms with Crippen LogP contribution in [0.1, 0.15) is 6.42 Å². The molecular formula is C6H10NOV-. The Bertz CT molecular complexity index is 95.2. The van der Waals surface area contributed by atoms with Crippen LogP contribution in [0.15, 0.2) is 0 Å². The molecule has 3 aliphatic rings. The number of aliphatic hydroxyl groups excluding tert-OH is 1. The van der Waals surface area contributed by atoms with Crippen LogP contribution < -0.4 is 0 Å². The maximum absolute atomic E-state index is 9.17. The molecule has 1 radical (unpaired) electrons. The molecule has 0 spiro atoms. The Labute approximate surface area is 66.9 Å². The van der Waals surface area contributed by atoms with E-state index in [9.17, 15) is 0 Å². The predicted octanol–water partition coefficient (Wildman–Crippen LogP) is 0.368. The van der Waals surface area contributed by atoms with Gasteiger partial charge in [-0.25, -0.2) is 0 Å². The zero-order valence-electron chi connectivity index (χ0n) is 5.20. The van der Waals surface area contributed by atoms with Gasteiger partial charge in [0, 0.05) is 18.6 Å². The van der Waals surface area contributed by atoms with Gasteiger partial charge in [0.25, 0.3) is 0 Å². The first-order valence-corrected chi connectivity index (χ1v) is 3.19. The number of rotatable bonds is 0. The Morgan fingerprint density at radius 1 is 1.22 bits per heavy atom. The van der Waals surface area contributed by atoms with E-state index in [4.69, 9.17) is 5.11 Å². The average Bonchev–Trinajstić information content (AvgIpc) is 1.89.